The smallest absolute Gasteiger partial charge is 0.224 e. The molecule has 0 aliphatic rings. The molecule has 0 heterocycles. The molecule has 0 aliphatic carbocycles. The third kappa shape index (κ3) is 5.37. The fraction of sp³-hybridized carbons (Fsp3) is 0.381. The third-order valence-electron chi connectivity index (χ3n) is 4.45. The normalized spacial score (nSPS) is 11.8. The van der Waals surface area contributed by atoms with Gasteiger partial charge < -0.3 is 24.4 Å². The van der Waals surface area contributed by atoms with Crippen molar-refractivity contribution in [2.75, 3.05) is 42.0 Å². The molecule has 146 valence electrons. The van der Waals surface area contributed by atoms with Crippen LogP contribution in [0.15, 0.2) is 42.5 Å². The lowest BCUT2D eigenvalue weighted by Gasteiger charge is -2.26. The standard InChI is InChI=1S/C21H28N2O4/c1-23(2)18(17-8-6-7-9-20(17)27-5)14-22-21(24)13-15-12-16(25-3)10-11-19(15)26-4/h6-12,18H,13-14H2,1-5H3,(H,22,24). The molecule has 2 aromatic rings. The van der Waals surface area contributed by atoms with E-state index in [1.54, 1.807) is 27.4 Å². The maximum absolute atomic E-state index is 12.5. The highest BCUT2D eigenvalue weighted by atomic mass is 16.5. The zero-order chi connectivity index (χ0) is 19.8. The van der Waals surface area contributed by atoms with Gasteiger partial charge in [0.2, 0.25) is 5.91 Å². The minimum Gasteiger partial charge on any atom is -0.497 e. The van der Waals surface area contributed by atoms with Gasteiger partial charge >= 0.3 is 0 Å². The Labute approximate surface area is 161 Å². The molecule has 2 rings (SSSR count). The van der Waals surface area contributed by atoms with Gasteiger partial charge in [-0.1, -0.05) is 18.2 Å². The van der Waals surface area contributed by atoms with Crippen molar-refractivity contribution in [3.8, 4) is 17.2 Å². The van der Waals surface area contributed by atoms with E-state index in [-0.39, 0.29) is 18.4 Å². The van der Waals surface area contributed by atoms with Gasteiger partial charge in [0.05, 0.1) is 33.8 Å². The molecule has 0 radical (unpaired) electrons. The Hall–Kier alpha value is -2.73. The molecule has 0 fully saturated rings. The minimum absolute atomic E-state index is 0.00250. The van der Waals surface area contributed by atoms with Crippen LogP contribution in [0.3, 0.4) is 0 Å². The lowest BCUT2D eigenvalue weighted by atomic mass is 10.0. The first-order chi connectivity index (χ1) is 13.0. The average Bonchev–Trinajstić information content (AvgIpc) is 2.68. The van der Waals surface area contributed by atoms with Crippen molar-refractivity contribution in [1.29, 1.82) is 0 Å². The van der Waals surface area contributed by atoms with Crippen molar-refractivity contribution < 1.29 is 19.0 Å². The molecule has 1 atom stereocenters. The number of hydrogen-bond acceptors (Lipinski definition) is 5. The van der Waals surface area contributed by atoms with Crippen LogP contribution in [0.5, 0.6) is 17.2 Å². The highest BCUT2D eigenvalue weighted by Gasteiger charge is 2.19. The predicted octanol–water partition coefficient (Wildman–Crippen LogP) is 2.67. The summed E-state index contributed by atoms with van der Waals surface area (Å²) in [5, 5.41) is 3.02. The number of ether oxygens (including phenoxy) is 3. The highest BCUT2D eigenvalue weighted by Crippen LogP contribution is 2.28. The summed E-state index contributed by atoms with van der Waals surface area (Å²) in [6, 6.07) is 13.3. The Kier molecular flexibility index (Phi) is 7.49. The topological polar surface area (TPSA) is 60.0 Å². The third-order valence-corrected chi connectivity index (χ3v) is 4.45. The van der Waals surface area contributed by atoms with Crippen LogP contribution < -0.4 is 19.5 Å². The number of amides is 1. The Morgan fingerprint density at radius 2 is 1.70 bits per heavy atom. The summed E-state index contributed by atoms with van der Waals surface area (Å²) in [4.78, 5) is 14.6. The van der Waals surface area contributed by atoms with Crippen molar-refractivity contribution in [1.82, 2.24) is 10.2 Å². The Morgan fingerprint density at radius 3 is 2.33 bits per heavy atom. The van der Waals surface area contributed by atoms with E-state index in [1.165, 1.54) is 0 Å². The van der Waals surface area contributed by atoms with Crippen molar-refractivity contribution in [2.45, 2.75) is 12.5 Å². The van der Waals surface area contributed by atoms with E-state index in [4.69, 9.17) is 14.2 Å². The number of hydrogen-bond donors (Lipinski definition) is 1. The number of para-hydroxylation sites is 1. The van der Waals surface area contributed by atoms with E-state index in [1.807, 2.05) is 50.5 Å². The number of methoxy groups -OCH3 is 3. The van der Waals surface area contributed by atoms with E-state index in [9.17, 15) is 4.79 Å². The van der Waals surface area contributed by atoms with Crippen LogP contribution in [0.25, 0.3) is 0 Å². The second kappa shape index (κ2) is 9.83. The molecule has 1 unspecified atom stereocenters. The molecule has 1 N–H and O–H groups in total. The molecule has 2 aromatic carbocycles. The van der Waals surface area contributed by atoms with Crippen LogP contribution in [0.4, 0.5) is 0 Å². The first-order valence-corrected chi connectivity index (χ1v) is 8.77. The molecule has 1 amide bonds. The van der Waals surface area contributed by atoms with Gasteiger partial charge in [0.1, 0.15) is 17.2 Å². The zero-order valence-corrected chi connectivity index (χ0v) is 16.6. The van der Waals surface area contributed by atoms with Crippen LogP contribution >= 0.6 is 0 Å². The zero-order valence-electron chi connectivity index (χ0n) is 16.6. The summed E-state index contributed by atoms with van der Waals surface area (Å²) < 4.78 is 16.1. The van der Waals surface area contributed by atoms with Crippen molar-refractivity contribution in [3.63, 3.8) is 0 Å². The minimum atomic E-state index is -0.0803. The van der Waals surface area contributed by atoms with E-state index in [0.717, 1.165) is 16.9 Å². The first kappa shape index (κ1) is 20.6. The molecule has 0 aromatic heterocycles. The number of rotatable bonds is 9. The fourth-order valence-corrected chi connectivity index (χ4v) is 2.98. The first-order valence-electron chi connectivity index (χ1n) is 8.77. The Balaban J connectivity index is 2.09. The molecule has 6 heteroatoms. The van der Waals surface area contributed by atoms with Gasteiger partial charge in [-0.3, -0.25) is 4.79 Å². The monoisotopic (exact) mass is 372 g/mol. The van der Waals surface area contributed by atoms with Crippen LogP contribution in [0.2, 0.25) is 0 Å². The van der Waals surface area contributed by atoms with Crippen molar-refractivity contribution in [3.05, 3.63) is 53.6 Å². The number of nitrogens with zero attached hydrogens (tertiary/aromatic N) is 1. The van der Waals surface area contributed by atoms with Gasteiger partial charge in [-0.25, -0.2) is 0 Å². The van der Waals surface area contributed by atoms with Crippen LogP contribution in [-0.2, 0) is 11.2 Å². The second-order valence-electron chi connectivity index (χ2n) is 6.38. The van der Waals surface area contributed by atoms with Crippen LogP contribution in [0.1, 0.15) is 17.2 Å². The van der Waals surface area contributed by atoms with Gasteiger partial charge in [-0.2, -0.15) is 0 Å². The number of likely N-dealkylation sites (N-methyl/N-ethyl adjacent to an activating group) is 1. The predicted molar refractivity (Wildman–Crippen MR) is 106 cm³/mol. The quantitative estimate of drug-likeness (QED) is 0.733. The molecule has 0 aliphatic heterocycles. The summed E-state index contributed by atoms with van der Waals surface area (Å²) in [6.07, 6.45) is 0.215. The molecule has 27 heavy (non-hydrogen) atoms. The molecular formula is C21H28N2O4. The number of carbonyl (C=O) groups excluding carboxylic acids is 1. The molecular weight excluding hydrogens is 344 g/mol. The number of benzene rings is 2. The SMILES string of the molecule is COc1ccc(OC)c(CC(=O)NCC(c2ccccc2OC)N(C)C)c1. The maximum atomic E-state index is 12.5. The number of carbonyl (C=O) groups is 1. The average molecular weight is 372 g/mol. The molecule has 0 saturated carbocycles. The largest absolute Gasteiger partial charge is 0.497 e. The van der Waals surface area contributed by atoms with Gasteiger partial charge in [0.25, 0.3) is 0 Å². The summed E-state index contributed by atoms with van der Waals surface area (Å²) in [5.74, 6) is 2.09. The summed E-state index contributed by atoms with van der Waals surface area (Å²) >= 11 is 0. The van der Waals surface area contributed by atoms with E-state index < -0.39 is 0 Å². The van der Waals surface area contributed by atoms with E-state index in [0.29, 0.717) is 18.0 Å². The molecule has 0 saturated heterocycles. The maximum Gasteiger partial charge on any atom is 0.224 e. The summed E-state index contributed by atoms with van der Waals surface area (Å²) in [5.41, 5.74) is 1.82. The van der Waals surface area contributed by atoms with E-state index in [2.05, 4.69) is 10.2 Å². The fourth-order valence-electron chi connectivity index (χ4n) is 2.98. The lowest BCUT2D eigenvalue weighted by molar-refractivity contribution is -0.120. The Bertz CT molecular complexity index is 762. The molecule has 0 bridgehead atoms. The van der Waals surface area contributed by atoms with Crippen LogP contribution in [-0.4, -0.2) is 52.8 Å². The summed E-state index contributed by atoms with van der Waals surface area (Å²) in [6.45, 7) is 0.471. The molecule has 0 spiro atoms. The summed E-state index contributed by atoms with van der Waals surface area (Å²) in [7, 11) is 8.80. The Morgan fingerprint density at radius 1 is 1.00 bits per heavy atom. The van der Waals surface area contributed by atoms with Gasteiger partial charge in [0, 0.05) is 17.7 Å². The second-order valence-corrected chi connectivity index (χ2v) is 6.38. The number of nitrogens with one attached hydrogen (secondary N) is 1. The van der Waals surface area contributed by atoms with Gasteiger partial charge in [-0.05, 0) is 38.4 Å². The van der Waals surface area contributed by atoms with E-state index >= 15 is 0 Å². The highest BCUT2D eigenvalue weighted by molar-refractivity contribution is 5.79. The lowest BCUT2D eigenvalue weighted by Crippen LogP contribution is -2.35. The van der Waals surface area contributed by atoms with Gasteiger partial charge in [-0.15, -0.1) is 0 Å². The van der Waals surface area contributed by atoms with Crippen molar-refractivity contribution >= 4 is 5.91 Å². The van der Waals surface area contributed by atoms with Crippen molar-refractivity contribution in [2.24, 2.45) is 0 Å². The molecule has 6 nitrogen and oxygen atoms in total. The van der Waals surface area contributed by atoms with Crippen LogP contribution in [0, 0.1) is 0 Å². The van der Waals surface area contributed by atoms with Gasteiger partial charge in [0.15, 0.2) is 0 Å².